The minimum atomic E-state index is 0.0998. The Bertz CT molecular complexity index is 424. The molecule has 98 valence electrons. The summed E-state index contributed by atoms with van der Waals surface area (Å²) in [6.45, 7) is 5.21. The van der Waals surface area contributed by atoms with E-state index in [0.717, 1.165) is 18.1 Å². The normalized spacial score (nSPS) is 20.9. The molecule has 0 amide bonds. The first kappa shape index (κ1) is 13.6. The van der Waals surface area contributed by atoms with Crippen LogP contribution in [-0.4, -0.2) is 41.8 Å². The van der Waals surface area contributed by atoms with Gasteiger partial charge in [-0.3, -0.25) is 9.69 Å². The van der Waals surface area contributed by atoms with Crippen LogP contribution in [0.5, 0.6) is 0 Å². The van der Waals surface area contributed by atoms with Crippen molar-refractivity contribution < 1.29 is 4.79 Å². The third-order valence-electron chi connectivity index (χ3n) is 3.76. The van der Waals surface area contributed by atoms with Crippen LogP contribution in [0.1, 0.15) is 16.7 Å². The second-order valence-corrected chi connectivity index (χ2v) is 6.23. The van der Waals surface area contributed by atoms with Crippen molar-refractivity contribution in [1.82, 2.24) is 4.90 Å². The van der Waals surface area contributed by atoms with Gasteiger partial charge in [-0.05, 0) is 37.6 Å². The number of likely N-dealkylation sites (N-methyl/N-ethyl adjacent to an activating group) is 1. The van der Waals surface area contributed by atoms with E-state index in [-0.39, 0.29) is 6.04 Å². The van der Waals surface area contributed by atoms with Crippen LogP contribution in [0.2, 0.25) is 0 Å². The number of Topliss-reactive ketones (excluding diaryl/α,β-unsaturated/α-hetero) is 1. The fourth-order valence-corrected chi connectivity index (χ4v) is 3.69. The third kappa shape index (κ3) is 2.96. The van der Waals surface area contributed by atoms with Crippen molar-refractivity contribution in [1.29, 1.82) is 0 Å². The molecule has 1 unspecified atom stereocenters. The number of hydrogen-bond donors (Lipinski definition) is 0. The van der Waals surface area contributed by atoms with E-state index in [9.17, 15) is 4.79 Å². The van der Waals surface area contributed by atoms with Crippen molar-refractivity contribution in [2.45, 2.75) is 26.3 Å². The summed E-state index contributed by atoms with van der Waals surface area (Å²) in [6, 6.07) is 6.34. The Hall–Kier alpha value is -0.800. The van der Waals surface area contributed by atoms with Crippen LogP contribution < -0.4 is 0 Å². The van der Waals surface area contributed by atoms with Crippen LogP contribution in [0, 0.1) is 13.8 Å². The summed E-state index contributed by atoms with van der Waals surface area (Å²) in [5.74, 6) is 2.45. The van der Waals surface area contributed by atoms with Gasteiger partial charge >= 0.3 is 0 Å². The largest absolute Gasteiger partial charge is 0.298 e. The van der Waals surface area contributed by atoms with Crippen molar-refractivity contribution >= 4 is 17.5 Å². The highest BCUT2D eigenvalue weighted by Gasteiger charge is 2.26. The zero-order valence-electron chi connectivity index (χ0n) is 11.4. The molecule has 1 heterocycles. The number of rotatable bonds is 3. The number of carbonyl (C=O) groups is 1. The van der Waals surface area contributed by atoms with Crippen LogP contribution in [0.15, 0.2) is 18.2 Å². The van der Waals surface area contributed by atoms with E-state index < -0.39 is 0 Å². The minimum absolute atomic E-state index is 0.0998. The Morgan fingerprint density at radius 3 is 2.67 bits per heavy atom. The first-order chi connectivity index (χ1) is 8.59. The fourth-order valence-electron chi connectivity index (χ4n) is 2.45. The topological polar surface area (TPSA) is 20.3 Å². The van der Waals surface area contributed by atoms with E-state index in [1.165, 1.54) is 16.7 Å². The second kappa shape index (κ2) is 5.89. The number of ketones is 1. The summed E-state index contributed by atoms with van der Waals surface area (Å²) >= 11 is 1.89. The molecule has 0 bridgehead atoms. The zero-order valence-corrected chi connectivity index (χ0v) is 12.2. The fraction of sp³-hybridized carbons (Fsp3) is 0.533. The molecule has 3 heteroatoms. The number of hydrogen-bond acceptors (Lipinski definition) is 3. The van der Waals surface area contributed by atoms with Gasteiger partial charge in [0.2, 0.25) is 0 Å². The molecular weight excluding hydrogens is 242 g/mol. The van der Waals surface area contributed by atoms with E-state index in [0.29, 0.717) is 12.2 Å². The summed E-state index contributed by atoms with van der Waals surface area (Å²) in [6.07, 6.45) is 0.577. The van der Waals surface area contributed by atoms with E-state index in [4.69, 9.17) is 0 Å². The average molecular weight is 263 g/mol. The van der Waals surface area contributed by atoms with Crippen LogP contribution in [-0.2, 0) is 11.2 Å². The van der Waals surface area contributed by atoms with E-state index >= 15 is 0 Å². The molecule has 1 atom stereocenters. The van der Waals surface area contributed by atoms with Crippen LogP contribution in [0.3, 0.4) is 0 Å². The molecule has 2 rings (SSSR count). The Morgan fingerprint density at radius 2 is 2.06 bits per heavy atom. The quantitative estimate of drug-likeness (QED) is 0.835. The van der Waals surface area contributed by atoms with Gasteiger partial charge in [-0.15, -0.1) is 0 Å². The minimum Gasteiger partial charge on any atom is -0.298 e. The lowest BCUT2D eigenvalue weighted by Crippen LogP contribution is -2.45. The van der Waals surface area contributed by atoms with Gasteiger partial charge in [0.05, 0.1) is 6.04 Å². The molecule has 0 aromatic heterocycles. The lowest BCUT2D eigenvalue weighted by Gasteiger charge is -2.31. The van der Waals surface area contributed by atoms with Gasteiger partial charge in [0.1, 0.15) is 0 Å². The van der Waals surface area contributed by atoms with Crippen LogP contribution in [0.25, 0.3) is 0 Å². The van der Waals surface area contributed by atoms with Crippen LogP contribution in [0.4, 0.5) is 0 Å². The molecule has 0 saturated carbocycles. The van der Waals surface area contributed by atoms with Crippen molar-refractivity contribution in [3.63, 3.8) is 0 Å². The third-order valence-corrected chi connectivity index (χ3v) is 4.79. The highest BCUT2D eigenvalue weighted by atomic mass is 32.2. The number of aryl methyl sites for hydroxylation is 2. The maximum atomic E-state index is 12.4. The summed E-state index contributed by atoms with van der Waals surface area (Å²) in [7, 11) is 2.06. The molecule has 1 aromatic carbocycles. The van der Waals surface area contributed by atoms with Crippen molar-refractivity contribution in [3.8, 4) is 0 Å². The predicted molar refractivity (Wildman–Crippen MR) is 78.4 cm³/mol. The van der Waals surface area contributed by atoms with Gasteiger partial charge in [-0.25, -0.2) is 0 Å². The number of benzene rings is 1. The van der Waals surface area contributed by atoms with Gasteiger partial charge in [-0.2, -0.15) is 11.8 Å². The first-order valence-corrected chi connectivity index (χ1v) is 7.61. The van der Waals surface area contributed by atoms with Crippen molar-refractivity contribution in [2.75, 3.05) is 25.1 Å². The Labute approximate surface area is 114 Å². The number of thioether (sulfide) groups is 1. The summed E-state index contributed by atoms with van der Waals surface area (Å²) in [5.41, 5.74) is 3.68. The summed E-state index contributed by atoms with van der Waals surface area (Å²) in [4.78, 5) is 14.6. The molecule has 0 aliphatic carbocycles. The molecule has 1 saturated heterocycles. The van der Waals surface area contributed by atoms with Crippen LogP contribution >= 0.6 is 11.8 Å². The van der Waals surface area contributed by atoms with Gasteiger partial charge < -0.3 is 0 Å². The second-order valence-electron chi connectivity index (χ2n) is 5.08. The lowest BCUT2D eigenvalue weighted by molar-refractivity contribution is -0.122. The Morgan fingerprint density at radius 1 is 1.39 bits per heavy atom. The molecule has 1 aromatic rings. The van der Waals surface area contributed by atoms with Crippen molar-refractivity contribution in [3.05, 3.63) is 34.9 Å². The SMILES string of the molecule is Cc1cccc(C)c1CC(=O)C1CSCCN1C. The maximum Gasteiger partial charge on any atom is 0.155 e. The Kier molecular flexibility index (Phi) is 4.46. The summed E-state index contributed by atoms with van der Waals surface area (Å²) in [5, 5.41) is 0. The van der Waals surface area contributed by atoms with Gasteiger partial charge in [0.25, 0.3) is 0 Å². The first-order valence-electron chi connectivity index (χ1n) is 6.45. The molecular formula is C15H21NOS. The molecule has 2 nitrogen and oxygen atoms in total. The number of carbonyl (C=O) groups excluding carboxylic acids is 1. The molecule has 1 aliphatic heterocycles. The van der Waals surface area contributed by atoms with E-state index in [1.54, 1.807) is 0 Å². The Balaban J connectivity index is 2.11. The molecule has 1 fully saturated rings. The van der Waals surface area contributed by atoms with Crippen molar-refractivity contribution in [2.24, 2.45) is 0 Å². The predicted octanol–water partition coefficient (Wildman–Crippen LogP) is 2.46. The van der Waals surface area contributed by atoms with Gasteiger partial charge in [0, 0.05) is 24.5 Å². The smallest absolute Gasteiger partial charge is 0.155 e. The molecule has 18 heavy (non-hydrogen) atoms. The molecule has 0 radical (unpaired) electrons. The standard InChI is InChI=1S/C15H21NOS/c1-11-5-4-6-12(2)13(11)9-15(17)14-10-18-8-7-16(14)3/h4-6,14H,7-10H2,1-3H3. The zero-order chi connectivity index (χ0) is 13.1. The molecule has 1 aliphatic rings. The highest BCUT2D eigenvalue weighted by molar-refractivity contribution is 7.99. The van der Waals surface area contributed by atoms with Gasteiger partial charge in [0.15, 0.2) is 5.78 Å². The van der Waals surface area contributed by atoms with E-state index in [2.05, 4.69) is 44.0 Å². The highest BCUT2D eigenvalue weighted by Crippen LogP contribution is 2.19. The van der Waals surface area contributed by atoms with Gasteiger partial charge in [-0.1, -0.05) is 18.2 Å². The molecule has 0 spiro atoms. The monoisotopic (exact) mass is 263 g/mol. The maximum absolute atomic E-state index is 12.4. The summed E-state index contributed by atoms with van der Waals surface area (Å²) < 4.78 is 0. The lowest BCUT2D eigenvalue weighted by atomic mass is 9.96. The van der Waals surface area contributed by atoms with E-state index in [1.807, 2.05) is 11.8 Å². The number of nitrogens with zero attached hydrogens (tertiary/aromatic N) is 1. The molecule has 0 N–H and O–H groups in total. The average Bonchev–Trinajstić information content (AvgIpc) is 2.34.